The maximum atomic E-state index is 12.3. The third-order valence-electron chi connectivity index (χ3n) is 4.95. The van der Waals surface area contributed by atoms with Crippen LogP contribution in [-0.4, -0.2) is 31.1 Å². The largest absolute Gasteiger partial charge is 0.460 e. The number of aliphatic hydroxyl groups excluding tert-OH is 1. The van der Waals surface area contributed by atoms with Gasteiger partial charge in [0.05, 0.1) is 6.10 Å². The summed E-state index contributed by atoms with van der Waals surface area (Å²) in [7, 11) is 0. The van der Waals surface area contributed by atoms with E-state index in [1.54, 1.807) is 0 Å². The van der Waals surface area contributed by atoms with Crippen LogP contribution < -0.4 is 10.3 Å². The molecule has 0 saturated heterocycles. The minimum absolute atomic E-state index is 0.140. The molecule has 0 aliphatic heterocycles. The van der Waals surface area contributed by atoms with Crippen LogP contribution >= 0.6 is 0 Å². The van der Waals surface area contributed by atoms with Crippen molar-refractivity contribution in [2.45, 2.75) is 44.8 Å². The molecule has 3 N–H and O–H groups in total. The van der Waals surface area contributed by atoms with Crippen molar-refractivity contribution in [3.63, 3.8) is 0 Å². The molecule has 26 heavy (non-hydrogen) atoms. The highest BCUT2D eigenvalue weighted by molar-refractivity contribution is 5.69. The molecule has 3 aromatic rings. The van der Waals surface area contributed by atoms with Crippen LogP contribution in [-0.2, 0) is 13.0 Å². The smallest absolute Gasteiger partial charge is 0.298 e. The molecule has 1 fully saturated rings. The van der Waals surface area contributed by atoms with E-state index < -0.39 is 6.10 Å². The number of hydrogen-bond donors (Lipinski definition) is 3. The van der Waals surface area contributed by atoms with Gasteiger partial charge < -0.3 is 14.8 Å². The molecule has 1 aromatic carbocycles. The van der Waals surface area contributed by atoms with Gasteiger partial charge in [-0.25, -0.2) is 4.98 Å². The normalized spacial score (nSPS) is 16.2. The third kappa shape index (κ3) is 3.62. The number of imidazole rings is 1. The fraction of sp³-hybridized carbons (Fsp3) is 0.421. The number of benzene rings is 1. The third-order valence-corrected chi connectivity index (χ3v) is 4.95. The van der Waals surface area contributed by atoms with Gasteiger partial charge in [-0.2, -0.15) is 4.98 Å². The Bertz CT molecular complexity index is 929. The van der Waals surface area contributed by atoms with Crippen molar-refractivity contribution in [1.29, 1.82) is 0 Å². The van der Waals surface area contributed by atoms with E-state index in [9.17, 15) is 9.90 Å². The zero-order valence-corrected chi connectivity index (χ0v) is 14.4. The Labute approximate surface area is 150 Å². The number of rotatable bonds is 6. The Kier molecular flexibility index (Phi) is 4.71. The van der Waals surface area contributed by atoms with E-state index in [4.69, 9.17) is 4.74 Å². The van der Waals surface area contributed by atoms with Gasteiger partial charge in [0, 0.05) is 6.42 Å². The first kappa shape index (κ1) is 16.8. The maximum Gasteiger partial charge on any atom is 0.298 e. The van der Waals surface area contributed by atoms with Crippen LogP contribution in [0.4, 0.5) is 0 Å². The minimum atomic E-state index is -0.439. The van der Waals surface area contributed by atoms with Gasteiger partial charge in [-0.05, 0) is 24.3 Å². The molecule has 0 radical (unpaired) electrons. The van der Waals surface area contributed by atoms with Crippen molar-refractivity contribution >= 4 is 11.2 Å². The summed E-state index contributed by atoms with van der Waals surface area (Å²) in [5.41, 5.74) is 1.28. The molecular formula is C19H22N4O3. The number of aromatic nitrogens is 4. The standard InChI is InChI=1S/C19H22N4O3/c24-14(13-8-4-5-9-13)10-15-20-16-17(21-15)22-19(23-18(16)25)26-11-12-6-2-1-3-7-12/h1-3,6-7,13-14,24H,4-5,8-11H2,(H2,20,21,22,23,25). The van der Waals surface area contributed by atoms with Crippen LogP contribution in [0.5, 0.6) is 6.01 Å². The lowest BCUT2D eigenvalue weighted by Crippen LogP contribution is -2.21. The van der Waals surface area contributed by atoms with Crippen molar-refractivity contribution in [3.8, 4) is 6.01 Å². The van der Waals surface area contributed by atoms with E-state index >= 15 is 0 Å². The first-order chi connectivity index (χ1) is 12.7. The quantitative estimate of drug-likeness (QED) is 0.630. The second-order valence-corrected chi connectivity index (χ2v) is 6.84. The lowest BCUT2D eigenvalue weighted by Gasteiger charge is -2.15. The first-order valence-corrected chi connectivity index (χ1v) is 9.03. The molecule has 0 amide bonds. The van der Waals surface area contributed by atoms with Crippen molar-refractivity contribution in [2.24, 2.45) is 5.92 Å². The molecule has 136 valence electrons. The summed E-state index contributed by atoms with van der Waals surface area (Å²) in [6.07, 6.45) is 4.41. The number of ether oxygens (including phenoxy) is 1. The topological polar surface area (TPSA) is 104 Å². The highest BCUT2D eigenvalue weighted by Crippen LogP contribution is 2.29. The van der Waals surface area contributed by atoms with E-state index in [1.165, 1.54) is 12.8 Å². The van der Waals surface area contributed by atoms with Crippen LogP contribution in [0.2, 0.25) is 0 Å². The van der Waals surface area contributed by atoms with Crippen molar-refractivity contribution in [1.82, 2.24) is 19.9 Å². The number of nitrogens with one attached hydrogen (secondary N) is 2. The average molecular weight is 354 g/mol. The van der Waals surface area contributed by atoms with Gasteiger partial charge in [0.15, 0.2) is 11.2 Å². The Hall–Kier alpha value is -2.67. The van der Waals surface area contributed by atoms with E-state index in [-0.39, 0.29) is 11.6 Å². The summed E-state index contributed by atoms with van der Waals surface area (Å²) in [5, 5.41) is 10.4. The molecule has 1 saturated carbocycles. The zero-order valence-electron chi connectivity index (χ0n) is 14.4. The molecule has 0 bridgehead atoms. The van der Waals surface area contributed by atoms with E-state index in [1.807, 2.05) is 30.3 Å². The van der Waals surface area contributed by atoms with Gasteiger partial charge in [0.2, 0.25) is 0 Å². The van der Waals surface area contributed by atoms with Gasteiger partial charge in [-0.3, -0.25) is 9.78 Å². The summed E-state index contributed by atoms with van der Waals surface area (Å²) in [4.78, 5) is 26.5. The molecule has 2 aromatic heterocycles. The molecule has 7 nitrogen and oxygen atoms in total. The Morgan fingerprint density at radius 3 is 2.69 bits per heavy atom. The molecule has 4 rings (SSSR count). The second-order valence-electron chi connectivity index (χ2n) is 6.84. The minimum Gasteiger partial charge on any atom is -0.460 e. The van der Waals surface area contributed by atoms with Gasteiger partial charge in [-0.1, -0.05) is 43.2 Å². The predicted octanol–water partition coefficient (Wildman–Crippen LogP) is 2.32. The highest BCUT2D eigenvalue weighted by Gasteiger charge is 2.24. The number of hydrogen-bond acceptors (Lipinski definition) is 5. The Balaban J connectivity index is 1.50. The Morgan fingerprint density at radius 2 is 1.92 bits per heavy atom. The van der Waals surface area contributed by atoms with Crippen LogP contribution in [0.3, 0.4) is 0 Å². The lowest BCUT2D eigenvalue weighted by atomic mass is 9.98. The molecule has 0 spiro atoms. The first-order valence-electron chi connectivity index (χ1n) is 9.03. The summed E-state index contributed by atoms with van der Waals surface area (Å²) in [5.74, 6) is 0.900. The molecule has 2 heterocycles. The van der Waals surface area contributed by atoms with Crippen LogP contribution in [0.25, 0.3) is 11.2 Å². The van der Waals surface area contributed by atoms with Gasteiger partial charge in [-0.15, -0.1) is 0 Å². The maximum absolute atomic E-state index is 12.3. The van der Waals surface area contributed by atoms with E-state index in [0.29, 0.717) is 35.9 Å². The highest BCUT2D eigenvalue weighted by atomic mass is 16.5. The number of fused-ring (bicyclic) bond motifs is 1. The summed E-state index contributed by atoms with van der Waals surface area (Å²) < 4.78 is 5.58. The second kappa shape index (κ2) is 7.29. The van der Waals surface area contributed by atoms with Crippen molar-refractivity contribution in [3.05, 3.63) is 52.1 Å². The van der Waals surface area contributed by atoms with E-state index in [2.05, 4.69) is 19.9 Å². The monoisotopic (exact) mass is 354 g/mol. The van der Waals surface area contributed by atoms with Crippen molar-refractivity contribution < 1.29 is 9.84 Å². The van der Waals surface area contributed by atoms with Crippen LogP contribution in [0.1, 0.15) is 37.1 Å². The van der Waals surface area contributed by atoms with Gasteiger partial charge >= 0.3 is 0 Å². The van der Waals surface area contributed by atoms with Gasteiger partial charge in [0.25, 0.3) is 11.6 Å². The molecule has 1 aliphatic rings. The summed E-state index contributed by atoms with van der Waals surface area (Å²) >= 11 is 0. The number of nitrogens with zero attached hydrogens (tertiary/aromatic N) is 2. The fourth-order valence-electron chi connectivity index (χ4n) is 3.53. The molecule has 1 atom stereocenters. The molecule has 1 unspecified atom stereocenters. The number of aliphatic hydroxyl groups is 1. The number of H-pyrrole nitrogens is 2. The van der Waals surface area contributed by atoms with Crippen molar-refractivity contribution in [2.75, 3.05) is 0 Å². The number of aromatic amines is 2. The lowest BCUT2D eigenvalue weighted by molar-refractivity contribution is 0.109. The predicted molar refractivity (Wildman–Crippen MR) is 97.0 cm³/mol. The Morgan fingerprint density at radius 1 is 1.15 bits per heavy atom. The van der Waals surface area contributed by atoms with Gasteiger partial charge in [0.1, 0.15) is 12.4 Å². The summed E-state index contributed by atoms with van der Waals surface area (Å²) in [6, 6.07) is 9.80. The fourth-order valence-corrected chi connectivity index (χ4v) is 3.53. The van der Waals surface area contributed by atoms with Crippen LogP contribution in [0.15, 0.2) is 35.1 Å². The molecule has 1 aliphatic carbocycles. The summed E-state index contributed by atoms with van der Waals surface area (Å²) in [6.45, 7) is 0.312. The molecular weight excluding hydrogens is 332 g/mol. The SMILES string of the molecule is O=c1[nH]c(OCc2ccccc2)nc2nc(CC(O)C3CCCC3)[nH]c12. The van der Waals surface area contributed by atoms with E-state index in [0.717, 1.165) is 18.4 Å². The van der Waals surface area contributed by atoms with Crippen LogP contribution in [0, 0.1) is 5.92 Å². The average Bonchev–Trinajstić information content (AvgIpc) is 3.30. The zero-order chi connectivity index (χ0) is 17.9. The molecule has 7 heteroatoms.